The van der Waals surface area contributed by atoms with E-state index in [0.717, 1.165) is 28.7 Å². The van der Waals surface area contributed by atoms with E-state index in [0.29, 0.717) is 22.9 Å². The number of rotatable bonds is 5. The van der Waals surface area contributed by atoms with Crippen molar-refractivity contribution in [2.75, 3.05) is 24.3 Å². The number of nitrogens with zero attached hydrogens (tertiary/aromatic N) is 1. The molecule has 1 aromatic heterocycles. The highest BCUT2D eigenvalue weighted by Gasteiger charge is 2.29. The van der Waals surface area contributed by atoms with Crippen molar-refractivity contribution >= 4 is 28.1 Å². The summed E-state index contributed by atoms with van der Waals surface area (Å²) in [5, 5.41) is 8.24. The van der Waals surface area contributed by atoms with Crippen LogP contribution in [-0.2, 0) is 5.41 Å². The van der Waals surface area contributed by atoms with Crippen molar-refractivity contribution < 1.29 is 14.3 Å². The summed E-state index contributed by atoms with van der Waals surface area (Å²) in [5.74, 6) is 1.65. The zero-order valence-electron chi connectivity index (χ0n) is 18.8. The molecule has 4 aromatic rings. The van der Waals surface area contributed by atoms with Gasteiger partial charge < -0.3 is 20.1 Å². The van der Waals surface area contributed by atoms with Gasteiger partial charge in [-0.1, -0.05) is 32.0 Å². The van der Waals surface area contributed by atoms with Crippen LogP contribution in [0.2, 0.25) is 0 Å². The molecule has 5 rings (SSSR count). The third kappa shape index (κ3) is 4.07. The SMILES string of the molecule is COc1ccc(Oc2ccc3c(C(=O)Nc4ccc5c(c4)NCC5(C)C)cccc3c2)cn1. The zero-order chi connectivity index (χ0) is 23.0. The molecule has 6 heteroatoms. The van der Waals surface area contributed by atoms with Gasteiger partial charge in [0.15, 0.2) is 0 Å². The molecular weight excluding hydrogens is 414 g/mol. The average molecular weight is 440 g/mol. The minimum Gasteiger partial charge on any atom is -0.481 e. The maximum atomic E-state index is 13.1. The number of hydrogen-bond donors (Lipinski definition) is 2. The van der Waals surface area contributed by atoms with Gasteiger partial charge in [-0.15, -0.1) is 0 Å². The van der Waals surface area contributed by atoms with Crippen molar-refractivity contribution in [2.24, 2.45) is 0 Å². The van der Waals surface area contributed by atoms with Crippen LogP contribution in [0.1, 0.15) is 29.8 Å². The summed E-state index contributed by atoms with van der Waals surface area (Å²) in [6, 6.07) is 20.9. The number of anilines is 2. The van der Waals surface area contributed by atoms with Crippen LogP contribution < -0.4 is 20.1 Å². The molecule has 1 aliphatic rings. The summed E-state index contributed by atoms with van der Waals surface area (Å²) in [4.78, 5) is 17.3. The average Bonchev–Trinajstić information content (AvgIpc) is 3.13. The lowest BCUT2D eigenvalue weighted by Crippen LogP contribution is -2.18. The van der Waals surface area contributed by atoms with Gasteiger partial charge in [0.25, 0.3) is 5.91 Å². The fraction of sp³-hybridized carbons (Fsp3) is 0.185. The molecule has 2 N–H and O–H groups in total. The van der Waals surface area contributed by atoms with E-state index in [2.05, 4.69) is 35.5 Å². The molecule has 0 fully saturated rings. The number of aromatic nitrogens is 1. The smallest absolute Gasteiger partial charge is 0.256 e. The summed E-state index contributed by atoms with van der Waals surface area (Å²) in [5.41, 5.74) is 3.82. The van der Waals surface area contributed by atoms with Crippen molar-refractivity contribution in [3.05, 3.63) is 84.1 Å². The first-order valence-corrected chi connectivity index (χ1v) is 10.8. The molecule has 1 amide bonds. The fourth-order valence-electron chi connectivity index (χ4n) is 4.18. The number of benzene rings is 3. The second kappa shape index (κ2) is 8.13. The van der Waals surface area contributed by atoms with Crippen LogP contribution in [0.3, 0.4) is 0 Å². The summed E-state index contributed by atoms with van der Waals surface area (Å²) >= 11 is 0. The molecule has 0 aliphatic carbocycles. The van der Waals surface area contributed by atoms with Crippen LogP contribution in [0.5, 0.6) is 17.4 Å². The van der Waals surface area contributed by atoms with Gasteiger partial charge in [0.05, 0.1) is 13.3 Å². The van der Waals surface area contributed by atoms with Crippen LogP contribution >= 0.6 is 0 Å². The van der Waals surface area contributed by atoms with Crippen molar-refractivity contribution in [1.29, 1.82) is 0 Å². The van der Waals surface area contributed by atoms with Gasteiger partial charge in [0.2, 0.25) is 5.88 Å². The molecule has 0 atom stereocenters. The van der Waals surface area contributed by atoms with Gasteiger partial charge >= 0.3 is 0 Å². The Labute approximate surface area is 192 Å². The molecular formula is C27H25N3O3. The molecule has 0 unspecified atom stereocenters. The van der Waals surface area contributed by atoms with Crippen LogP contribution in [-0.4, -0.2) is 24.5 Å². The van der Waals surface area contributed by atoms with E-state index in [1.165, 1.54) is 5.56 Å². The molecule has 6 nitrogen and oxygen atoms in total. The molecule has 0 saturated carbocycles. The third-order valence-electron chi connectivity index (χ3n) is 5.98. The number of carbonyl (C=O) groups excluding carboxylic acids is 1. The lowest BCUT2D eigenvalue weighted by atomic mass is 9.87. The standard InChI is InChI=1S/C27H25N3O3/c1-27(2)16-29-24-14-18(7-11-23(24)27)30-26(31)22-6-4-5-17-13-19(8-10-21(17)22)33-20-9-12-25(32-3)28-15-20/h4-15,29H,16H2,1-3H3,(H,30,31). The quantitative estimate of drug-likeness (QED) is 0.400. The molecule has 0 bridgehead atoms. The van der Waals surface area contributed by atoms with Crippen molar-refractivity contribution in [1.82, 2.24) is 4.98 Å². The van der Waals surface area contributed by atoms with Crippen molar-refractivity contribution in [2.45, 2.75) is 19.3 Å². The van der Waals surface area contributed by atoms with E-state index in [4.69, 9.17) is 9.47 Å². The Morgan fingerprint density at radius 3 is 2.67 bits per heavy atom. The predicted octanol–water partition coefficient (Wildman–Crippen LogP) is 5.99. The number of fused-ring (bicyclic) bond motifs is 2. The molecule has 1 aliphatic heterocycles. The number of hydrogen-bond acceptors (Lipinski definition) is 5. The highest BCUT2D eigenvalue weighted by molar-refractivity contribution is 6.13. The Balaban J connectivity index is 1.37. The number of nitrogens with one attached hydrogen (secondary N) is 2. The minimum atomic E-state index is -0.147. The maximum absolute atomic E-state index is 13.1. The molecule has 2 heterocycles. The van der Waals surface area contributed by atoms with Crippen molar-refractivity contribution in [3.8, 4) is 17.4 Å². The first-order valence-electron chi connectivity index (χ1n) is 10.8. The van der Waals surface area contributed by atoms with E-state index >= 15 is 0 Å². The first-order chi connectivity index (χ1) is 15.9. The van der Waals surface area contributed by atoms with E-state index in [1.807, 2.05) is 48.5 Å². The fourth-order valence-corrected chi connectivity index (χ4v) is 4.18. The van der Waals surface area contributed by atoms with Crippen LogP contribution in [0.4, 0.5) is 11.4 Å². The van der Waals surface area contributed by atoms with Gasteiger partial charge in [0.1, 0.15) is 11.5 Å². The van der Waals surface area contributed by atoms with Gasteiger partial charge in [-0.3, -0.25) is 4.79 Å². The lowest BCUT2D eigenvalue weighted by molar-refractivity contribution is 0.102. The van der Waals surface area contributed by atoms with Gasteiger partial charge in [-0.2, -0.15) is 0 Å². The first kappa shape index (κ1) is 20.8. The topological polar surface area (TPSA) is 72.5 Å². The lowest BCUT2D eigenvalue weighted by Gasteiger charge is -2.17. The van der Waals surface area contributed by atoms with E-state index < -0.39 is 0 Å². The normalized spacial score (nSPS) is 13.8. The Bertz CT molecular complexity index is 1350. The summed E-state index contributed by atoms with van der Waals surface area (Å²) < 4.78 is 11.0. The second-order valence-corrected chi connectivity index (χ2v) is 8.78. The Morgan fingerprint density at radius 2 is 1.88 bits per heavy atom. The van der Waals surface area contributed by atoms with E-state index in [-0.39, 0.29) is 11.3 Å². The van der Waals surface area contributed by atoms with Crippen LogP contribution in [0.25, 0.3) is 10.8 Å². The molecule has 3 aromatic carbocycles. The van der Waals surface area contributed by atoms with Crippen molar-refractivity contribution in [3.63, 3.8) is 0 Å². The number of pyridine rings is 1. The molecule has 33 heavy (non-hydrogen) atoms. The van der Waals surface area contributed by atoms with Gasteiger partial charge in [-0.05, 0) is 58.8 Å². The monoisotopic (exact) mass is 439 g/mol. The zero-order valence-corrected chi connectivity index (χ0v) is 18.8. The predicted molar refractivity (Wildman–Crippen MR) is 131 cm³/mol. The molecule has 0 saturated heterocycles. The minimum absolute atomic E-state index is 0.0924. The van der Waals surface area contributed by atoms with E-state index in [1.54, 1.807) is 25.4 Å². The number of methoxy groups -OCH3 is 1. The molecule has 0 spiro atoms. The number of amides is 1. The third-order valence-corrected chi connectivity index (χ3v) is 5.98. The molecule has 0 radical (unpaired) electrons. The Kier molecular flexibility index (Phi) is 5.13. The maximum Gasteiger partial charge on any atom is 0.256 e. The van der Waals surface area contributed by atoms with Crippen LogP contribution in [0.15, 0.2) is 72.9 Å². The summed E-state index contributed by atoms with van der Waals surface area (Å²) in [6.45, 7) is 5.31. The largest absolute Gasteiger partial charge is 0.481 e. The highest BCUT2D eigenvalue weighted by atomic mass is 16.5. The van der Waals surface area contributed by atoms with E-state index in [9.17, 15) is 4.79 Å². The Morgan fingerprint density at radius 1 is 1.03 bits per heavy atom. The van der Waals surface area contributed by atoms with Gasteiger partial charge in [-0.25, -0.2) is 4.98 Å². The number of carbonyl (C=O) groups is 1. The second-order valence-electron chi connectivity index (χ2n) is 8.78. The number of ether oxygens (including phenoxy) is 2. The van der Waals surface area contributed by atoms with Gasteiger partial charge in [0, 0.05) is 35.0 Å². The summed E-state index contributed by atoms with van der Waals surface area (Å²) in [6.07, 6.45) is 1.61. The Hall–Kier alpha value is -4.06. The highest BCUT2D eigenvalue weighted by Crippen LogP contribution is 2.37. The van der Waals surface area contributed by atoms with Crippen LogP contribution in [0, 0.1) is 0 Å². The molecule has 166 valence electrons. The summed E-state index contributed by atoms with van der Waals surface area (Å²) in [7, 11) is 1.57.